The molecule has 2 heterocycles. The van der Waals surface area contributed by atoms with Gasteiger partial charge in [0.05, 0.1) is 17.1 Å². The summed E-state index contributed by atoms with van der Waals surface area (Å²) in [6.07, 6.45) is 1.97. The Kier molecular flexibility index (Phi) is 3.22. The van der Waals surface area contributed by atoms with Crippen molar-refractivity contribution in [2.45, 2.75) is 25.3 Å². The molecule has 1 N–H and O–H groups in total. The Morgan fingerprint density at radius 3 is 2.54 bits per heavy atom. The third-order valence-corrected chi connectivity index (χ3v) is 4.46. The molecule has 1 aromatic heterocycles. The first-order valence-corrected chi connectivity index (χ1v) is 7.70. The van der Waals surface area contributed by atoms with E-state index in [-0.39, 0.29) is 22.6 Å². The second-order valence-corrected chi connectivity index (χ2v) is 6.09. The normalized spacial score (nSPS) is 17.0. The molecule has 8 heteroatoms. The number of rotatable bonds is 3. The maximum Gasteiger partial charge on any atom is 0.511 e. The van der Waals surface area contributed by atoms with Crippen molar-refractivity contribution in [2.24, 2.45) is 0 Å². The molecule has 1 aliphatic carbocycles. The molecule has 1 aliphatic heterocycles. The molecular formula is C16H14F2N2O4. The lowest BCUT2D eigenvalue weighted by Gasteiger charge is -2.34. The van der Waals surface area contributed by atoms with Gasteiger partial charge in [-0.15, -0.1) is 0 Å². The highest BCUT2D eigenvalue weighted by atomic mass is 19.1. The first-order valence-electron chi connectivity index (χ1n) is 7.70. The molecule has 6 nitrogen and oxygen atoms in total. The lowest BCUT2D eigenvalue weighted by Crippen LogP contribution is -2.38. The van der Waals surface area contributed by atoms with E-state index in [4.69, 9.17) is 5.11 Å². The Hall–Kier alpha value is -2.64. The Balaban J connectivity index is 2.02. The summed E-state index contributed by atoms with van der Waals surface area (Å²) in [5.41, 5.74) is -0.963. The molecule has 1 saturated carbocycles. The van der Waals surface area contributed by atoms with E-state index in [1.165, 1.54) is 10.8 Å². The highest BCUT2D eigenvalue weighted by molar-refractivity contribution is 5.86. The predicted octanol–water partition coefficient (Wildman–Crippen LogP) is 2.88. The van der Waals surface area contributed by atoms with E-state index < -0.39 is 29.0 Å². The number of ether oxygens (including phenoxy) is 1. The number of nitrogens with zero attached hydrogens (tertiary/aromatic N) is 2. The SMILES string of the molecule is O=C(O)Oc1cn(C2CC2)c2c(F)c(N3CCC3)c(F)cc2c1=O. The minimum absolute atomic E-state index is 0.00328. The Morgan fingerprint density at radius 2 is 2.00 bits per heavy atom. The average Bonchev–Trinajstić information content (AvgIpc) is 3.28. The van der Waals surface area contributed by atoms with Gasteiger partial charge in [0.15, 0.2) is 11.6 Å². The van der Waals surface area contributed by atoms with Crippen molar-refractivity contribution < 1.29 is 23.4 Å². The summed E-state index contributed by atoms with van der Waals surface area (Å²) >= 11 is 0. The van der Waals surface area contributed by atoms with E-state index in [1.807, 2.05) is 0 Å². The molecule has 2 fully saturated rings. The van der Waals surface area contributed by atoms with E-state index in [0.717, 1.165) is 25.3 Å². The van der Waals surface area contributed by atoms with Crippen LogP contribution in [-0.2, 0) is 0 Å². The van der Waals surface area contributed by atoms with Crippen LogP contribution in [0.1, 0.15) is 25.3 Å². The van der Waals surface area contributed by atoms with Crippen LogP contribution in [0.25, 0.3) is 10.9 Å². The first-order chi connectivity index (χ1) is 11.5. The highest BCUT2D eigenvalue weighted by Crippen LogP contribution is 2.40. The van der Waals surface area contributed by atoms with Crippen LogP contribution in [-0.4, -0.2) is 28.9 Å². The van der Waals surface area contributed by atoms with E-state index in [2.05, 4.69) is 4.74 Å². The van der Waals surface area contributed by atoms with Crippen LogP contribution in [0.4, 0.5) is 19.3 Å². The number of anilines is 1. The summed E-state index contributed by atoms with van der Waals surface area (Å²) in [6, 6.07) is 0.926. The molecule has 126 valence electrons. The van der Waals surface area contributed by atoms with Crippen molar-refractivity contribution in [3.63, 3.8) is 0 Å². The monoisotopic (exact) mass is 336 g/mol. The fourth-order valence-corrected chi connectivity index (χ4v) is 3.04. The molecule has 0 unspecified atom stereocenters. The second-order valence-electron chi connectivity index (χ2n) is 6.09. The molecule has 0 radical (unpaired) electrons. The largest absolute Gasteiger partial charge is 0.511 e. The van der Waals surface area contributed by atoms with Crippen LogP contribution in [0.5, 0.6) is 5.75 Å². The van der Waals surface area contributed by atoms with Crippen LogP contribution in [0.3, 0.4) is 0 Å². The molecule has 2 aromatic rings. The second kappa shape index (κ2) is 5.19. The molecule has 1 aromatic carbocycles. The molecule has 1 saturated heterocycles. The van der Waals surface area contributed by atoms with Crippen LogP contribution >= 0.6 is 0 Å². The van der Waals surface area contributed by atoms with Gasteiger partial charge in [-0.3, -0.25) is 4.79 Å². The smallest absolute Gasteiger partial charge is 0.449 e. The number of halogens is 2. The van der Waals surface area contributed by atoms with Gasteiger partial charge in [-0.1, -0.05) is 0 Å². The maximum absolute atomic E-state index is 15.0. The Bertz CT molecular complexity index is 917. The molecule has 2 aliphatic rings. The van der Waals surface area contributed by atoms with Crippen molar-refractivity contribution in [2.75, 3.05) is 18.0 Å². The van der Waals surface area contributed by atoms with Crippen LogP contribution in [0, 0.1) is 11.6 Å². The lowest BCUT2D eigenvalue weighted by atomic mass is 10.1. The summed E-state index contributed by atoms with van der Waals surface area (Å²) in [5, 5.41) is 8.54. The minimum atomic E-state index is -1.65. The van der Waals surface area contributed by atoms with E-state index in [9.17, 15) is 14.0 Å². The fourth-order valence-electron chi connectivity index (χ4n) is 3.04. The number of hydrogen-bond acceptors (Lipinski definition) is 4. The van der Waals surface area contributed by atoms with Gasteiger partial charge < -0.3 is 19.3 Å². The zero-order valence-electron chi connectivity index (χ0n) is 12.6. The number of aromatic nitrogens is 1. The topological polar surface area (TPSA) is 71.8 Å². The zero-order valence-corrected chi connectivity index (χ0v) is 12.6. The molecular weight excluding hydrogens is 322 g/mol. The maximum atomic E-state index is 15.0. The lowest BCUT2D eigenvalue weighted by molar-refractivity contribution is 0.143. The number of benzene rings is 1. The quantitative estimate of drug-likeness (QED) is 0.873. The number of carbonyl (C=O) groups is 1. The number of pyridine rings is 1. The third-order valence-electron chi connectivity index (χ3n) is 4.46. The Labute approximate surface area is 134 Å². The van der Waals surface area contributed by atoms with Gasteiger partial charge in [0.1, 0.15) is 11.5 Å². The van der Waals surface area contributed by atoms with Crippen LogP contribution in [0.15, 0.2) is 17.1 Å². The molecule has 0 spiro atoms. The van der Waals surface area contributed by atoms with Gasteiger partial charge in [0.2, 0.25) is 5.43 Å². The average molecular weight is 336 g/mol. The van der Waals surface area contributed by atoms with Gasteiger partial charge in [-0.2, -0.15) is 0 Å². The van der Waals surface area contributed by atoms with E-state index in [0.29, 0.717) is 13.1 Å². The number of carboxylic acid groups (broad SMARTS) is 1. The van der Waals surface area contributed by atoms with Gasteiger partial charge >= 0.3 is 6.16 Å². The highest BCUT2D eigenvalue weighted by Gasteiger charge is 2.31. The van der Waals surface area contributed by atoms with Gasteiger partial charge in [0, 0.05) is 19.1 Å². The molecule has 24 heavy (non-hydrogen) atoms. The zero-order chi connectivity index (χ0) is 17.0. The van der Waals surface area contributed by atoms with Crippen molar-refractivity contribution >= 4 is 22.7 Å². The molecule has 4 rings (SSSR count). The Morgan fingerprint density at radius 1 is 1.29 bits per heavy atom. The minimum Gasteiger partial charge on any atom is -0.449 e. The van der Waals surface area contributed by atoms with E-state index in [1.54, 1.807) is 4.90 Å². The standard InChI is InChI=1S/C16H14F2N2O4/c17-10-6-9-13(12(18)14(10)19-4-1-5-19)20(8-2-3-8)7-11(15(9)21)24-16(22)23/h6-8H,1-5H2,(H,22,23). The molecule has 0 amide bonds. The van der Waals surface area contributed by atoms with Crippen LogP contribution in [0.2, 0.25) is 0 Å². The molecule has 0 bridgehead atoms. The van der Waals surface area contributed by atoms with Gasteiger partial charge in [0.25, 0.3) is 0 Å². The first kappa shape index (κ1) is 14.9. The van der Waals surface area contributed by atoms with Crippen molar-refractivity contribution in [1.29, 1.82) is 0 Å². The third kappa shape index (κ3) is 2.21. The van der Waals surface area contributed by atoms with Gasteiger partial charge in [-0.25, -0.2) is 13.6 Å². The van der Waals surface area contributed by atoms with Gasteiger partial charge in [-0.05, 0) is 25.3 Å². The summed E-state index contributed by atoms with van der Waals surface area (Å²) in [5.74, 6) is -2.06. The predicted molar refractivity (Wildman–Crippen MR) is 81.9 cm³/mol. The number of hydrogen-bond donors (Lipinski definition) is 1. The fraction of sp³-hybridized carbons (Fsp3) is 0.375. The van der Waals surface area contributed by atoms with Crippen molar-refractivity contribution in [1.82, 2.24) is 4.57 Å². The molecule has 0 atom stereocenters. The van der Waals surface area contributed by atoms with Crippen molar-refractivity contribution in [3.05, 3.63) is 34.1 Å². The number of fused-ring (bicyclic) bond motifs is 1. The van der Waals surface area contributed by atoms with Crippen LogP contribution < -0.4 is 15.1 Å². The summed E-state index contributed by atoms with van der Waals surface area (Å²) in [6.45, 7) is 1.13. The van der Waals surface area contributed by atoms with E-state index >= 15 is 4.39 Å². The summed E-state index contributed by atoms with van der Waals surface area (Å²) in [7, 11) is 0. The summed E-state index contributed by atoms with van der Waals surface area (Å²) < 4.78 is 35.4. The summed E-state index contributed by atoms with van der Waals surface area (Å²) in [4.78, 5) is 24.7. The van der Waals surface area contributed by atoms with Crippen molar-refractivity contribution in [3.8, 4) is 5.75 Å².